The largest absolute Gasteiger partial charge is 0.369 e. The van der Waals surface area contributed by atoms with Crippen molar-refractivity contribution in [2.24, 2.45) is 0 Å². The number of nitrogens with zero attached hydrogens (tertiary/aromatic N) is 3. The lowest BCUT2D eigenvalue weighted by Crippen LogP contribution is -2.17. The van der Waals surface area contributed by atoms with Gasteiger partial charge in [0.1, 0.15) is 5.82 Å². The number of amides is 1. The van der Waals surface area contributed by atoms with Gasteiger partial charge < -0.3 is 10.2 Å². The average molecular weight is 449 g/mol. The second-order valence-corrected chi connectivity index (χ2v) is 7.92. The molecule has 7 heteroatoms. The highest BCUT2D eigenvalue weighted by Gasteiger charge is 2.11. The minimum atomic E-state index is -0.276. The minimum absolute atomic E-state index is 0.214. The molecule has 0 saturated carbocycles. The molecule has 0 aliphatic heterocycles. The predicted molar refractivity (Wildman–Crippen MR) is 126 cm³/mol. The number of anilines is 2. The van der Waals surface area contributed by atoms with Gasteiger partial charge in [-0.1, -0.05) is 48.0 Å². The molecule has 1 amide bonds. The van der Waals surface area contributed by atoms with E-state index in [4.69, 9.17) is 11.6 Å². The molecule has 0 aliphatic carbocycles. The quantitative estimate of drug-likeness (QED) is 0.399. The molecule has 4 aromatic rings. The molecule has 0 bridgehead atoms. The van der Waals surface area contributed by atoms with E-state index in [0.29, 0.717) is 29.4 Å². The molecule has 0 fully saturated rings. The van der Waals surface area contributed by atoms with Crippen LogP contribution in [0.4, 0.5) is 15.8 Å². The van der Waals surface area contributed by atoms with E-state index in [-0.39, 0.29) is 11.7 Å². The molecule has 0 radical (unpaired) electrons. The molecule has 32 heavy (non-hydrogen) atoms. The fraction of sp³-hybridized carbons (Fsp3) is 0.120. The van der Waals surface area contributed by atoms with Crippen molar-refractivity contribution in [3.63, 3.8) is 0 Å². The van der Waals surface area contributed by atoms with Crippen LogP contribution in [0, 0.1) is 5.82 Å². The van der Waals surface area contributed by atoms with E-state index in [1.165, 1.54) is 12.1 Å². The molecule has 0 spiro atoms. The summed E-state index contributed by atoms with van der Waals surface area (Å²) in [5.74, 6) is -0.490. The van der Waals surface area contributed by atoms with Crippen LogP contribution in [-0.4, -0.2) is 22.7 Å². The standard InChI is InChI=1S/C25H22ClFN4O/c1-30(24-8-3-2-7-23(24)26)15-19-5-4-6-20(13-19)25(32)29-22-14-28-31(17-22)16-18-9-11-21(27)12-10-18/h2-14,17H,15-16H2,1H3,(H,29,32). The first kappa shape index (κ1) is 21.6. The zero-order valence-electron chi connectivity index (χ0n) is 17.5. The molecule has 1 heterocycles. The van der Waals surface area contributed by atoms with E-state index in [1.807, 2.05) is 54.4 Å². The number of carbonyl (C=O) groups is 1. The zero-order chi connectivity index (χ0) is 22.5. The third kappa shape index (κ3) is 5.34. The van der Waals surface area contributed by atoms with Gasteiger partial charge in [-0.15, -0.1) is 0 Å². The van der Waals surface area contributed by atoms with Crippen molar-refractivity contribution in [2.45, 2.75) is 13.1 Å². The summed E-state index contributed by atoms with van der Waals surface area (Å²) in [6.45, 7) is 1.10. The number of hydrogen-bond donors (Lipinski definition) is 1. The topological polar surface area (TPSA) is 50.2 Å². The highest BCUT2D eigenvalue weighted by atomic mass is 35.5. The lowest BCUT2D eigenvalue weighted by atomic mass is 10.1. The second kappa shape index (κ2) is 9.66. The molecule has 5 nitrogen and oxygen atoms in total. The molecule has 1 aromatic heterocycles. The van der Waals surface area contributed by atoms with Crippen LogP contribution in [0.2, 0.25) is 5.02 Å². The smallest absolute Gasteiger partial charge is 0.255 e. The number of hydrogen-bond acceptors (Lipinski definition) is 3. The summed E-state index contributed by atoms with van der Waals surface area (Å²) in [4.78, 5) is 14.8. The maximum atomic E-state index is 13.1. The van der Waals surface area contributed by atoms with E-state index < -0.39 is 0 Å². The van der Waals surface area contributed by atoms with Gasteiger partial charge in [0, 0.05) is 25.4 Å². The van der Waals surface area contributed by atoms with E-state index in [1.54, 1.807) is 35.3 Å². The first-order valence-corrected chi connectivity index (χ1v) is 10.5. The summed E-state index contributed by atoms with van der Waals surface area (Å²) in [6, 6.07) is 21.4. The lowest BCUT2D eigenvalue weighted by Gasteiger charge is -2.21. The maximum Gasteiger partial charge on any atom is 0.255 e. The normalized spacial score (nSPS) is 10.7. The van der Waals surface area contributed by atoms with Gasteiger partial charge in [-0.2, -0.15) is 5.10 Å². The van der Waals surface area contributed by atoms with Gasteiger partial charge in [0.25, 0.3) is 5.91 Å². The average Bonchev–Trinajstić information content (AvgIpc) is 3.22. The number of carbonyl (C=O) groups excluding carboxylic acids is 1. The molecule has 0 atom stereocenters. The molecule has 4 rings (SSSR count). The molecule has 0 unspecified atom stereocenters. The van der Waals surface area contributed by atoms with Crippen molar-refractivity contribution in [3.8, 4) is 0 Å². The Morgan fingerprint density at radius 1 is 1.06 bits per heavy atom. The monoisotopic (exact) mass is 448 g/mol. The SMILES string of the molecule is CN(Cc1cccc(C(=O)Nc2cnn(Cc3ccc(F)cc3)c2)c1)c1ccccc1Cl. The number of halogens is 2. The van der Waals surface area contributed by atoms with Crippen LogP contribution in [0.3, 0.4) is 0 Å². The highest BCUT2D eigenvalue weighted by molar-refractivity contribution is 6.33. The van der Waals surface area contributed by atoms with Crippen LogP contribution < -0.4 is 10.2 Å². The summed E-state index contributed by atoms with van der Waals surface area (Å²) < 4.78 is 14.8. The first-order chi connectivity index (χ1) is 15.5. The van der Waals surface area contributed by atoms with Gasteiger partial charge >= 0.3 is 0 Å². The Hall–Kier alpha value is -3.64. The number of benzene rings is 3. The van der Waals surface area contributed by atoms with Crippen LogP contribution in [0.25, 0.3) is 0 Å². The number of rotatable bonds is 7. The third-order valence-corrected chi connectivity index (χ3v) is 5.34. The van der Waals surface area contributed by atoms with Gasteiger partial charge in [0.05, 0.1) is 29.1 Å². The second-order valence-electron chi connectivity index (χ2n) is 7.52. The van der Waals surface area contributed by atoms with Crippen molar-refractivity contribution in [1.82, 2.24) is 9.78 Å². The Balaban J connectivity index is 1.40. The van der Waals surface area contributed by atoms with Gasteiger partial charge in [-0.3, -0.25) is 9.48 Å². The number of para-hydroxylation sites is 1. The summed E-state index contributed by atoms with van der Waals surface area (Å²) in [5, 5.41) is 7.83. The summed E-state index contributed by atoms with van der Waals surface area (Å²) in [6.07, 6.45) is 3.34. The molecular formula is C25H22ClFN4O. The van der Waals surface area contributed by atoms with Crippen molar-refractivity contribution >= 4 is 28.9 Å². The molecular weight excluding hydrogens is 427 g/mol. The molecule has 162 valence electrons. The number of nitrogens with one attached hydrogen (secondary N) is 1. The summed E-state index contributed by atoms with van der Waals surface area (Å²) in [7, 11) is 1.96. The molecule has 3 aromatic carbocycles. The van der Waals surface area contributed by atoms with Gasteiger partial charge in [-0.25, -0.2) is 4.39 Å². The van der Waals surface area contributed by atoms with Crippen molar-refractivity contribution in [1.29, 1.82) is 0 Å². The van der Waals surface area contributed by atoms with E-state index in [0.717, 1.165) is 16.8 Å². The van der Waals surface area contributed by atoms with Crippen LogP contribution >= 0.6 is 11.6 Å². The Kier molecular flexibility index (Phi) is 6.52. The fourth-order valence-corrected chi connectivity index (χ4v) is 3.71. The van der Waals surface area contributed by atoms with Crippen LogP contribution in [0.1, 0.15) is 21.5 Å². The minimum Gasteiger partial charge on any atom is -0.369 e. The van der Waals surface area contributed by atoms with E-state index in [9.17, 15) is 9.18 Å². The van der Waals surface area contributed by atoms with Gasteiger partial charge in [0.15, 0.2) is 0 Å². The molecule has 0 saturated heterocycles. The van der Waals surface area contributed by atoms with Crippen LogP contribution in [0.5, 0.6) is 0 Å². The van der Waals surface area contributed by atoms with E-state index in [2.05, 4.69) is 10.4 Å². The molecule has 1 N–H and O–H groups in total. The van der Waals surface area contributed by atoms with Crippen LogP contribution in [-0.2, 0) is 13.1 Å². The van der Waals surface area contributed by atoms with Crippen molar-refractivity contribution in [2.75, 3.05) is 17.3 Å². The third-order valence-electron chi connectivity index (χ3n) is 5.02. The Bertz CT molecular complexity index is 1220. The van der Waals surface area contributed by atoms with Crippen LogP contribution in [0.15, 0.2) is 85.2 Å². The number of aromatic nitrogens is 2. The predicted octanol–water partition coefficient (Wildman–Crippen LogP) is 5.61. The maximum absolute atomic E-state index is 13.1. The fourth-order valence-electron chi connectivity index (χ4n) is 3.43. The molecule has 0 aliphatic rings. The summed E-state index contributed by atoms with van der Waals surface area (Å²) >= 11 is 6.29. The Morgan fingerprint density at radius 2 is 1.84 bits per heavy atom. The van der Waals surface area contributed by atoms with Crippen molar-refractivity contribution < 1.29 is 9.18 Å². The van der Waals surface area contributed by atoms with Gasteiger partial charge in [0.2, 0.25) is 0 Å². The highest BCUT2D eigenvalue weighted by Crippen LogP contribution is 2.25. The summed E-state index contributed by atoms with van der Waals surface area (Å²) in [5.41, 5.74) is 3.99. The first-order valence-electron chi connectivity index (χ1n) is 10.1. The Labute approximate surface area is 191 Å². The van der Waals surface area contributed by atoms with Crippen molar-refractivity contribution in [3.05, 3.63) is 113 Å². The van der Waals surface area contributed by atoms with Gasteiger partial charge in [-0.05, 0) is 47.5 Å². The Morgan fingerprint density at radius 3 is 2.62 bits per heavy atom. The lowest BCUT2D eigenvalue weighted by molar-refractivity contribution is 0.102. The zero-order valence-corrected chi connectivity index (χ0v) is 18.3. The van der Waals surface area contributed by atoms with E-state index >= 15 is 0 Å².